The highest BCUT2D eigenvalue weighted by atomic mass is 16.1. The molecule has 0 bridgehead atoms. The number of nitrogens with one attached hydrogen (secondary N) is 1. The molecule has 0 saturated heterocycles. The molecule has 0 aromatic rings. The smallest absolute Gasteiger partial charge is 0.234 e. The monoisotopic (exact) mass is 168 g/mol. The van der Waals surface area contributed by atoms with Crippen molar-refractivity contribution in [3.05, 3.63) is 12.2 Å². The Labute approximate surface area is 73.0 Å². The van der Waals surface area contributed by atoms with Gasteiger partial charge in [0.1, 0.15) is 0 Å². The zero-order chi connectivity index (χ0) is 8.97. The maximum atomic E-state index is 11.0. The van der Waals surface area contributed by atoms with E-state index in [1.165, 1.54) is 0 Å². The molecule has 0 aliphatic heterocycles. The van der Waals surface area contributed by atoms with Gasteiger partial charge in [0.2, 0.25) is 5.91 Å². The summed E-state index contributed by atoms with van der Waals surface area (Å²) in [7, 11) is 1.79. The molecule has 1 rings (SSSR count). The Balaban J connectivity index is 2.53. The molecule has 0 aromatic heterocycles. The second-order valence-electron chi connectivity index (χ2n) is 3.21. The molecule has 1 aliphatic carbocycles. The van der Waals surface area contributed by atoms with Crippen LogP contribution in [0.5, 0.6) is 0 Å². The molecule has 0 fully saturated rings. The molecule has 0 saturated carbocycles. The van der Waals surface area contributed by atoms with E-state index >= 15 is 0 Å². The number of rotatable bonds is 3. The Morgan fingerprint density at radius 3 is 2.83 bits per heavy atom. The number of carbonyl (C=O) groups excluding carboxylic acids is 1. The first kappa shape index (κ1) is 9.26. The topological polar surface area (TPSA) is 55.1 Å². The summed E-state index contributed by atoms with van der Waals surface area (Å²) in [6, 6.07) is -0.157. The van der Waals surface area contributed by atoms with Crippen molar-refractivity contribution in [1.82, 2.24) is 5.32 Å². The van der Waals surface area contributed by atoms with Crippen LogP contribution >= 0.6 is 0 Å². The minimum Gasteiger partial charge on any atom is -0.368 e. The van der Waals surface area contributed by atoms with Gasteiger partial charge in [-0.15, -0.1) is 0 Å². The molecule has 2 atom stereocenters. The van der Waals surface area contributed by atoms with Crippen molar-refractivity contribution >= 4 is 5.91 Å². The number of primary amides is 1. The Morgan fingerprint density at radius 1 is 1.67 bits per heavy atom. The van der Waals surface area contributed by atoms with E-state index in [0.717, 1.165) is 19.3 Å². The predicted octanol–water partition coefficient (Wildman–Crippen LogP) is 0.416. The lowest BCUT2D eigenvalue weighted by atomic mass is 9.87. The lowest BCUT2D eigenvalue weighted by Crippen LogP contribution is -2.45. The van der Waals surface area contributed by atoms with E-state index in [0.29, 0.717) is 5.92 Å². The fourth-order valence-electron chi connectivity index (χ4n) is 1.73. The highest BCUT2D eigenvalue weighted by Gasteiger charge is 2.24. The van der Waals surface area contributed by atoms with Crippen molar-refractivity contribution in [2.24, 2.45) is 11.7 Å². The molecule has 0 spiro atoms. The van der Waals surface area contributed by atoms with Crippen LogP contribution in [-0.2, 0) is 4.79 Å². The molecule has 0 heterocycles. The van der Waals surface area contributed by atoms with Crippen LogP contribution in [-0.4, -0.2) is 19.0 Å². The predicted molar refractivity (Wildman–Crippen MR) is 48.5 cm³/mol. The fourth-order valence-corrected chi connectivity index (χ4v) is 1.73. The second-order valence-corrected chi connectivity index (χ2v) is 3.21. The molecule has 3 N–H and O–H groups in total. The summed E-state index contributed by atoms with van der Waals surface area (Å²) in [5, 5.41) is 2.96. The van der Waals surface area contributed by atoms with E-state index < -0.39 is 0 Å². The van der Waals surface area contributed by atoms with Gasteiger partial charge >= 0.3 is 0 Å². The molecule has 1 amide bonds. The van der Waals surface area contributed by atoms with E-state index in [4.69, 9.17) is 5.73 Å². The van der Waals surface area contributed by atoms with Gasteiger partial charge in [-0.25, -0.2) is 0 Å². The lowest BCUT2D eigenvalue weighted by Gasteiger charge is -2.24. The van der Waals surface area contributed by atoms with E-state index in [2.05, 4.69) is 17.5 Å². The van der Waals surface area contributed by atoms with Gasteiger partial charge in [-0.2, -0.15) is 0 Å². The van der Waals surface area contributed by atoms with Crippen LogP contribution < -0.4 is 11.1 Å². The van der Waals surface area contributed by atoms with E-state index in [1.54, 1.807) is 7.05 Å². The maximum Gasteiger partial charge on any atom is 0.234 e. The summed E-state index contributed by atoms with van der Waals surface area (Å²) in [5.74, 6) is 0.148. The van der Waals surface area contributed by atoms with Crippen LogP contribution in [0.3, 0.4) is 0 Å². The molecule has 68 valence electrons. The fraction of sp³-hybridized carbons (Fsp3) is 0.667. The van der Waals surface area contributed by atoms with Gasteiger partial charge in [0.05, 0.1) is 6.04 Å². The number of likely N-dealkylation sites (N-methyl/N-ethyl adjacent to an activating group) is 1. The number of hydrogen-bond acceptors (Lipinski definition) is 2. The van der Waals surface area contributed by atoms with Gasteiger partial charge in [0, 0.05) is 0 Å². The average Bonchev–Trinajstić information content (AvgIpc) is 2.07. The highest BCUT2D eigenvalue weighted by Crippen LogP contribution is 2.21. The number of amides is 1. The van der Waals surface area contributed by atoms with E-state index in [-0.39, 0.29) is 11.9 Å². The van der Waals surface area contributed by atoms with Gasteiger partial charge in [0.25, 0.3) is 0 Å². The number of hydrogen-bond donors (Lipinski definition) is 2. The van der Waals surface area contributed by atoms with Gasteiger partial charge in [-0.05, 0) is 32.2 Å². The van der Waals surface area contributed by atoms with Crippen molar-refractivity contribution in [3.63, 3.8) is 0 Å². The molecule has 0 aromatic carbocycles. The van der Waals surface area contributed by atoms with E-state index in [9.17, 15) is 4.79 Å². The molecular formula is C9H16N2O. The number of allylic oxidation sites excluding steroid dienone is 2. The maximum absolute atomic E-state index is 11.0. The van der Waals surface area contributed by atoms with Gasteiger partial charge in [-0.3, -0.25) is 4.79 Å². The Hall–Kier alpha value is -0.830. The van der Waals surface area contributed by atoms with Crippen molar-refractivity contribution in [1.29, 1.82) is 0 Å². The molecular weight excluding hydrogens is 152 g/mol. The lowest BCUT2D eigenvalue weighted by molar-refractivity contribution is -0.121. The third kappa shape index (κ3) is 2.08. The van der Waals surface area contributed by atoms with E-state index in [1.807, 2.05) is 0 Å². The molecule has 3 nitrogen and oxygen atoms in total. The summed E-state index contributed by atoms with van der Waals surface area (Å²) in [6.07, 6.45) is 7.38. The summed E-state index contributed by atoms with van der Waals surface area (Å²) < 4.78 is 0. The number of nitrogens with two attached hydrogens (primary N) is 1. The van der Waals surface area contributed by atoms with Crippen LogP contribution in [0.4, 0.5) is 0 Å². The van der Waals surface area contributed by atoms with Crippen LogP contribution in [0.1, 0.15) is 19.3 Å². The van der Waals surface area contributed by atoms with Crippen molar-refractivity contribution < 1.29 is 4.79 Å². The van der Waals surface area contributed by atoms with Crippen LogP contribution in [0.25, 0.3) is 0 Å². The molecule has 12 heavy (non-hydrogen) atoms. The van der Waals surface area contributed by atoms with Gasteiger partial charge < -0.3 is 11.1 Å². The molecule has 3 heteroatoms. The van der Waals surface area contributed by atoms with Crippen LogP contribution in [0.15, 0.2) is 12.2 Å². The van der Waals surface area contributed by atoms with Gasteiger partial charge in [-0.1, -0.05) is 12.2 Å². The average molecular weight is 168 g/mol. The quantitative estimate of drug-likeness (QED) is 0.600. The van der Waals surface area contributed by atoms with Crippen LogP contribution in [0.2, 0.25) is 0 Å². The Kier molecular flexibility index (Phi) is 3.29. The Morgan fingerprint density at radius 2 is 2.42 bits per heavy atom. The second kappa shape index (κ2) is 4.26. The van der Waals surface area contributed by atoms with Crippen molar-refractivity contribution in [3.8, 4) is 0 Å². The zero-order valence-electron chi connectivity index (χ0n) is 7.42. The first-order chi connectivity index (χ1) is 5.75. The SMILES string of the molecule is CNC(C(N)=O)C1CC=CCC1. The first-order valence-corrected chi connectivity index (χ1v) is 4.37. The summed E-state index contributed by atoms with van der Waals surface area (Å²) in [5.41, 5.74) is 5.25. The summed E-state index contributed by atoms with van der Waals surface area (Å²) >= 11 is 0. The summed E-state index contributed by atoms with van der Waals surface area (Å²) in [4.78, 5) is 11.0. The minimum absolute atomic E-state index is 0.157. The summed E-state index contributed by atoms with van der Waals surface area (Å²) in [6.45, 7) is 0. The van der Waals surface area contributed by atoms with Crippen molar-refractivity contribution in [2.75, 3.05) is 7.05 Å². The zero-order valence-corrected chi connectivity index (χ0v) is 7.42. The third-order valence-corrected chi connectivity index (χ3v) is 2.40. The largest absolute Gasteiger partial charge is 0.368 e. The van der Waals surface area contributed by atoms with Crippen molar-refractivity contribution in [2.45, 2.75) is 25.3 Å². The Bertz CT molecular complexity index is 189. The molecule has 0 radical (unpaired) electrons. The minimum atomic E-state index is -0.238. The van der Waals surface area contributed by atoms with Gasteiger partial charge in [0.15, 0.2) is 0 Å². The molecule has 1 aliphatic rings. The van der Waals surface area contributed by atoms with Crippen LogP contribution in [0, 0.1) is 5.92 Å². The first-order valence-electron chi connectivity index (χ1n) is 4.37. The molecule has 2 unspecified atom stereocenters. The number of carbonyl (C=O) groups is 1. The standard InChI is InChI=1S/C9H16N2O/c1-11-8(9(10)12)7-5-3-2-4-6-7/h2-3,7-8,11H,4-6H2,1H3,(H2,10,12). The normalized spacial score (nSPS) is 25.2. The highest BCUT2D eigenvalue weighted by molar-refractivity contribution is 5.80. The third-order valence-electron chi connectivity index (χ3n) is 2.40.